The predicted octanol–water partition coefficient (Wildman–Crippen LogP) is -0.227. The third kappa shape index (κ3) is 3.85. The maximum Gasteiger partial charge on any atom is 0.354 e. The molecule has 0 spiro atoms. The van der Waals surface area contributed by atoms with Crippen molar-refractivity contribution in [2.45, 2.75) is 19.4 Å². The fourth-order valence-corrected chi connectivity index (χ4v) is 1.35. The van der Waals surface area contributed by atoms with E-state index in [1.165, 1.54) is 12.3 Å². The number of carboxylic acid groups (broad SMARTS) is 1. The van der Waals surface area contributed by atoms with Crippen molar-refractivity contribution in [3.63, 3.8) is 0 Å². The second kappa shape index (κ2) is 5.76. The SMILES string of the molecule is CC(CC(N)=O)NC(=O)c1ccnc(C(=O)O)c1. The highest BCUT2D eigenvalue weighted by atomic mass is 16.4. The first kappa shape index (κ1) is 13.6. The van der Waals surface area contributed by atoms with Gasteiger partial charge in [-0.25, -0.2) is 9.78 Å². The summed E-state index contributed by atoms with van der Waals surface area (Å²) < 4.78 is 0. The number of nitrogens with zero attached hydrogens (tertiary/aromatic N) is 1. The minimum atomic E-state index is -1.21. The van der Waals surface area contributed by atoms with Gasteiger partial charge in [0.25, 0.3) is 5.91 Å². The Kier molecular flexibility index (Phi) is 4.36. The van der Waals surface area contributed by atoms with E-state index in [0.717, 1.165) is 6.07 Å². The molecule has 1 atom stereocenters. The van der Waals surface area contributed by atoms with Crippen LogP contribution in [-0.2, 0) is 4.79 Å². The van der Waals surface area contributed by atoms with E-state index >= 15 is 0 Å². The Balaban J connectivity index is 2.75. The quantitative estimate of drug-likeness (QED) is 0.667. The summed E-state index contributed by atoms with van der Waals surface area (Å²) in [4.78, 5) is 36.7. The fourth-order valence-electron chi connectivity index (χ4n) is 1.35. The molecule has 0 bridgehead atoms. The second-order valence-corrected chi connectivity index (χ2v) is 3.78. The highest BCUT2D eigenvalue weighted by Crippen LogP contribution is 2.03. The lowest BCUT2D eigenvalue weighted by molar-refractivity contribution is -0.118. The molecule has 7 nitrogen and oxygen atoms in total. The molecule has 0 fully saturated rings. The van der Waals surface area contributed by atoms with Crippen LogP contribution in [0.4, 0.5) is 0 Å². The van der Waals surface area contributed by atoms with Crippen LogP contribution in [0.25, 0.3) is 0 Å². The van der Waals surface area contributed by atoms with Crippen molar-refractivity contribution in [2.75, 3.05) is 0 Å². The highest BCUT2D eigenvalue weighted by molar-refractivity contribution is 5.96. The Morgan fingerprint density at radius 2 is 2.17 bits per heavy atom. The molecular weight excluding hydrogens is 238 g/mol. The maximum atomic E-state index is 11.7. The lowest BCUT2D eigenvalue weighted by atomic mass is 10.1. The lowest BCUT2D eigenvalue weighted by Gasteiger charge is -2.11. The van der Waals surface area contributed by atoms with Gasteiger partial charge in [-0.3, -0.25) is 9.59 Å². The van der Waals surface area contributed by atoms with E-state index in [0.29, 0.717) is 0 Å². The highest BCUT2D eigenvalue weighted by Gasteiger charge is 2.13. The van der Waals surface area contributed by atoms with Crippen LogP contribution in [0.5, 0.6) is 0 Å². The molecule has 1 heterocycles. The van der Waals surface area contributed by atoms with Crippen LogP contribution in [0.1, 0.15) is 34.2 Å². The molecule has 2 amide bonds. The number of hydrogen-bond donors (Lipinski definition) is 3. The molecule has 1 unspecified atom stereocenters. The molecule has 96 valence electrons. The predicted molar refractivity (Wildman–Crippen MR) is 61.9 cm³/mol. The van der Waals surface area contributed by atoms with Crippen LogP contribution in [0.15, 0.2) is 18.3 Å². The number of rotatable bonds is 5. The van der Waals surface area contributed by atoms with Crippen molar-refractivity contribution >= 4 is 17.8 Å². The van der Waals surface area contributed by atoms with Crippen molar-refractivity contribution < 1.29 is 19.5 Å². The van der Waals surface area contributed by atoms with Crippen molar-refractivity contribution in [1.82, 2.24) is 10.3 Å². The van der Waals surface area contributed by atoms with Crippen LogP contribution >= 0.6 is 0 Å². The molecule has 0 saturated carbocycles. The molecule has 1 aromatic heterocycles. The zero-order valence-corrected chi connectivity index (χ0v) is 9.71. The average molecular weight is 251 g/mol. The second-order valence-electron chi connectivity index (χ2n) is 3.78. The van der Waals surface area contributed by atoms with Gasteiger partial charge >= 0.3 is 5.97 Å². The number of aromatic carboxylic acids is 1. The molecular formula is C11H13N3O4. The number of carbonyl (C=O) groups excluding carboxylic acids is 2. The number of nitrogens with one attached hydrogen (secondary N) is 1. The molecule has 18 heavy (non-hydrogen) atoms. The van der Waals surface area contributed by atoms with Gasteiger partial charge in [0.15, 0.2) is 0 Å². The summed E-state index contributed by atoms with van der Waals surface area (Å²) in [5.74, 6) is -2.22. The van der Waals surface area contributed by atoms with Crippen molar-refractivity contribution in [2.24, 2.45) is 5.73 Å². The summed E-state index contributed by atoms with van der Waals surface area (Å²) in [7, 11) is 0. The first-order chi connectivity index (χ1) is 8.40. The third-order valence-electron chi connectivity index (χ3n) is 2.13. The van der Waals surface area contributed by atoms with E-state index in [1.807, 2.05) is 0 Å². The Morgan fingerprint density at radius 3 is 2.72 bits per heavy atom. The average Bonchev–Trinajstić information content (AvgIpc) is 2.27. The number of nitrogens with two attached hydrogens (primary N) is 1. The maximum absolute atomic E-state index is 11.7. The largest absolute Gasteiger partial charge is 0.477 e. The lowest BCUT2D eigenvalue weighted by Crippen LogP contribution is -2.35. The molecule has 0 aliphatic carbocycles. The van der Waals surface area contributed by atoms with Gasteiger partial charge in [-0.2, -0.15) is 0 Å². The van der Waals surface area contributed by atoms with Gasteiger partial charge in [0.05, 0.1) is 0 Å². The standard InChI is InChI=1S/C11H13N3O4/c1-6(4-9(12)15)14-10(16)7-2-3-13-8(5-7)11(17)18/h2-3,5-6H,4H2,1H3,(H2,12,15)(H,14,16)(H,17,18). The zero-order valence-electron chi connectivity index (χ0n) is 9.71. The number of pyridine rings is 1. The molecule has 1 aromatic rings. The minimum Gasteiger partial charge on any atom is -0.477 e. The van der Waals surface area contributed by atoms with Crippen LogP contribution in [0.2, 0.25) is 0 Å². The van der Waals surface area contributed by atoms with Crippen molar-refractivity contribution in [3.05, 3.63) is 29.6 Å². The van der Waals surface area contributed by atoms with E-state index in [9.17, 15) is 14.4 Å². The first-order valence-corrected chi connectivity index (χ1v) is 5.18. The number of amides is 2. The Morgan fingerprint density at radius 1 is 1.50 bits per heavy atom. The topological polar surface area (TPSA) is 122 Å². The van der Waals surface area contributed by atoms with Crippen LogP contribution in [0, 0.1) is 0 Å². The van der Waals surface area contributed by atoms with E-state index in [2.05, 4.69) is 10.3 Å². The van der Waals surface area contributed by atoms with Gasteiger partial charge in [-0.05, 0) is 19.1 Å². The molecule has 0 aromatic carbocycles. The first-order valence-electron chi connectivity index (χ1n) is 5.18. The summed E-state index contributed by atoms with van der Waals surface area (Å²) in [5, 5.41) is 11.3. The van der Waals surface area contributed by atoms with Gasteiger partial charge in [-0.15, -0.1) is 0 Å². The number of hydrogen-bond acceptors (Lipinski definition) is 4. The number of aromatic nitrogens is 1. The summed E-state index contributed by atoms with van der Waals surface area (Å²) in [6, 6.07) is 2.13. The summed E-state index contributed by atoms with van der Waals surface area (Å²) in [6.45, 7) is 1.63. The molecule has 0 aliphatic heterocycles. The minimum absolute atomic E-state index is 0.0165. The van der Waals surface area contributed by atoms with Gasteiger partial charge in [0.1, 0.15) is 5.69 Å². The van der Waals surface area contributed by atoms with Crippen molar-refractivity contribution in [1.29, 1.82) is 0 Å². The Labute approximate surface area is 103 Å². The van der Waals surface area contributed by atoms with Gasteiger partial charge in [0, 0.05) is 24.2 Å². The third-order valence-corrected chi connectivity index (χ3v) is 2.13. The number of carboxylic acids is 1. The van der Waals surface area contributed by atoms with Gasteiger partial charge < -0.3 is 16.2 Å². The van der Waals surface area contributed by atoms with E-state index < -0.39 is 23.8 Å². The van der Waals surface area contributed by atoms with Crippen LogP contribution in [-0.4, -0.2) is 33.9 Å². The molecule has 7 heteroatoms. The smallest absolute Gasteiger partial charge is 0.354 e. The fraction of sp³-hybridized carbons (Fsp3) is 0.273. The van der Waals surface area contributed by atoms with Crippen LogP contribution < -0.4 is 11.1 Å². The van der Waals surface area contributed by atoms with Gasteiger partial charge in [-0.1, -0.05) is 0 Å². The Bertz CT molecular complexity index is 487. The van der Waals surface area contributed by atoms with E-state index in [4.69, 9.17) is 10.8 Å². The monoisotopic (exact) mass is 251 g/mol. The number of primary amides is 1. The zero-order chi connectivity index (χ0) is 13.7. The van der Waals surface area contributed by atoms with Crippen LogP contribution in [0.3, 0.4) is 0 Å². The van der Waals surface area contributed by atoms with Gasteiger partial charge in [0.2, 0.25) is 5.91 Å². The molecule has 4 N–H and O–H groups in total. The normalized spacial score (nSPS) is 11.6. The van der Waals surface area contributed by atoms with E-state index in [-0.39, 0.29) is 17.7 Å². The van der Waals surface area contributed by atoms with Crippen molar-refractivity contribution in [3.8, 4) is 0 Å². The molecule has 0 aliphatic rings. The molecule has 0 radical (unpaired) electrons. The number of carbonyl (C=O) groups is 3. The molecule has 1 rings (SSSR count). The molecule has 0 saturated heterocycles. The van der Waals surface area contributed by atoms with E-state index in [1.54, 1.807) is 6.92 Å². The summed E-state index contributed by atoms with van der Waals surface area (Å²) in [5.41, 5.74) is 4.94. The summed E-state index contributed by atoms with van der Waals surface area (Å²) in [6.07, 6.45) is 1.25. The Hall–Kier alpha value is -2.44. The summed E-state index contributed by atoms with van der Waals surface area (Å²) >= 11 is 0.